The van der Waals surface area contributed by atoms with Crippen molar-refractivity contribution in [1.29, 1.82) is 0 Å². The van der Waals surface area contributed by atoms with Gasteiger partial charge in [-0.05, 0) is 49.5 Å². The zero-order valence-electron chi connectivity index (χ0n) is 15.4. The lowest BCUT2D eigenvalue weighted by molar-refractivity contribution is -0.117. The average molecular weight is 404 g/mol. The van der Waals surface area contributed by atoms with Crippen LogP contribution in [0.4, 0.5) is 5.69 Å². The molecule has 148 valence electrons. The van der Waals surface area contributed by atoms with Crippen LogP contribution in [0.2, 0.25) is 0 Å². The number of nitrogens with one attached hydrogen (secondary N) is 2. The minimum atomic E-state index is 0. The predicted octanol–water partition coefficient (Wildman–Crippen LogP) is 3.08. The number of likely N-dealkylation sites (tertiary alicyclic amines) is 1. The number of benzene rings is 1. The fraction of sp³-hybridized carbons (Fsp3) is 0.632. The van der Waals surface area contributed by atoms with Gasteiger partial charge in [-0.25, -0.2) is 0 Å². The van der Waals surface area contributed by atoms with Gasteiger partial charge in [0.05, 0.1) is 13.2 Å². The number of morpholine rings is 1. The molecule has 1 amide bonds. The number of ether oxygens (including phenoxy) is 1. The summed E-state index contributed by atoms with van der Waals surface area (Å²) in [4.78, 5) is 14.6. The summed E-state index contributed by atoms with van der Waals surface area (Å²) in [5.74, 6) is 0.902. The summed E-state index contributed by atoms with van der Waals surface area (Å²) >= 11 is 0. The van der Waals surface area contributed by atoms with Gasteiger partial charge < -0.3 is 15.4 Å². The van der Waals surface area contributed by atoms with E-state index in [0.717, 1.165) is 31.3 Å². The van der Waals surface area contributed by atoms with Crippen molar-refractivity contribution in [2.45, 2.75) is 38.8 Å². The van der Waals surface area contributed by atoms with Crippen molar-refractivity contribution in [1.82, 2.24) is 10.2 Å². The number of rotatable bonds is 5. The van der Waals surface area contributed by atoms with Crippen LogP contribution in [-0.4, -0.2) is 49.7 Å². The van der Waals surface area contributed by atoms with Gasteiger partial charge in [0, 0.05) is 31.2 Å². The third-order valence-corrected chi connectivity index (χ3v) is 4.95. The smallest absolute Gasteiger partial charge is 0.226 e. The minimum Gasteiger partial charge on any atom is -0.378 e. The van der Waals surface area contributed by atoms with Gasteiger partial charge in [0.15, 0.2) is 0 Å². The molecule has 0 aromatic heterocycles. The Kier molecular flexibility index (Phi) is 10.5. The molecule has 7 heteroatoms. The molecule has 0 radical (unpaired) electrons. The molecular formula is C19H31Cl2N3O2. The quantitative estimate of drug-likeness (QED) is 0.792. The van der Waals surface area contributed by atoms with Crippen molar-refractivity contribution in [3.8, 4) is 0 Å². The van der Waals surface area contributed by atoms with Crippen LogP contribution < -0.4 is 10.6 Å². The molecule has 2 aliphatic heterocycles. The SMILES string of the molecule is CC1CCN(Cc2ccc(NC(=O)CC3COCCN3)cc2)CC1.Cl.Cl. The van der Waals surface area contributed by atoms with Crippen LogP contribution in [-0.2, 0) is 16.1 Å². The third-order valence-electron chi connectivity index (χ3n) is 4.95. The summed E-state index contributed by atoms with van der Waals surface area (Å²) in [5, 5.41) is 6.28. The van der Waals surface area contributed by atoms with E-state index in [1.54, 1.807) is 0 Å². The molecule has 2 saturated heterocycles. The third kappa shape index (κ3) is 7.41. The molecule has 2 N–H and O–H groups in total. The lowest BCUT2D eigenvalue weighted by atomic mass is 9.99. The van der Waals surface area contributed by atoms with Crippen molar-refractivity contribution in [2.75, 3.05) is 38.2 Å². The molecule has 1 unspecified atom stereocenters. The highest BCUT2D eigenvalue weighted by Gasteiger charge is 2.17. The molecule has 2 aliphatic rings. The minimum absolute atomic E-state index is 0. The highest BCUT2D eigenvalue weighted by Crippen LogP contribution is 2.19. The number of hydrogen-bond donors (Lipinski definition) is 2. The van der Waals surface area contributed by atoms with Gasteiger partial charge in [-0.2, -0.15) is 0 Å². The van der Waals surface area contributed by atoms with Gasteiger partial charge in [0.1, 0.15) is 0 Å². The standard InChI is InChI=1S/C19H29N3O2.2ClH/c1-15-6-9-22(10-7-15)13-16-2-4-17(5-3-16)21-19(23)12-18-14-24-11-8-20-18;;/h2-5,15,18,20H,6-14H2,1H3,(H,21,23);2*1H. The van der Waals surface area contributed by atoms with Crippen LogP contribution in [0.25, 0.3) is 0 Å². The second-order valence-electron chi connectivity index (χ2n) is 7.13. The Bertz CT molecular complexity index is 528. The van der Waals surface area contributed by atoms with Crippen LogP contribution in [0.1, 0.15) is 31.7 Å². The topological polar surface area (TPSA) is 53.6 Å². The van der Waals surface area contributed by atoms with Crippen LogP contribution in [0.15, 0.2) is 24.3 Å². The molecule has 0 aliphatic carbocycles. The van der Waals surface area contributed by atoms with Gasteiger partial charge in [-0.1, -0.05) is 19.1 Å². The number of anilines is 1. The normalized spacial score (nSPS) is 21.3. The van der Waals surface area contributed by atoms with Crippen molar-refractivity contribution in [3.05, 3.63) is 29.8 Å². The van der Waals surface area contributed by atoms with E-state index in [0.29, 0.717) is 13.0 Å². The number of carbonyl (C=O) groups is 1. The molecule has 1 atom stereocenters. The maximum absolute atomic E-state index is 12.1. The molecule has 2 fully saturated rings. The van der Waals surface area contributed by atoms with E-state index in [-0.39, 0.29) is 36.8 Å². The van der Waals surface area contributed by atoms with Crippen LogP contribution in [0.5, 0.6) is 0 Å². The fourth-order valence-electron chi connectivity index (χ4n) is 3.36. The number of amides is 1. The second-order valence-corrected chi connectivity index (χ2v) is 7.13. The van der Waals surface area contributed by atoms with E-state index < -0.39 is 0 Å². The zero-order chi connectivity index (χ0) is 16.8. The van der Waals surface area contributed by atoms with Gasteiger partial charge in [0.25, 0.3) is 0 Å². The Hall–Kier alpha value is -0.850. The lowest BCUT2D eigenvalue weighted by Crippen LogP contribution is -2.43. The Balaban J connectivity index is 0.00000169. The highest BCUT2D eigenvalue weighted by atomic mass is 35.5. The Morgan fingerprint density at radius 2 is 1.92 bits per heavy atom. The zero-order valence-corrected chi connectivity index (χ0v) is 17.0. The monoisotopic (exact) mass is 403 g/mol. The van der Waals surface area contributed by atoms with Gasteiger partial charge in [-0.15, -0.1) is 24.8 Å². The number of hydrogen-bond acceptors (Lipinski definition) is 4. The van der Waals surface area contributed by atoms with E-state index in [1.165, 1.54) is 31.5 Å². The molecule has 0 spiro atoms. The summed E-state index contributed by atoms with van der Waals surface area (Å²) in [6.45, 7) is 7.89. The highest BCUT2D eigenvalue weighted by molar-refractivity contribution is 5.91. The van der Waals surface area contributed by atoms with E-state index in [2.05, 4.69) is 34.6 Å². The van der Waals surface area contributed by atoms with Crippen molar-refractivity contribution >= 4 is 36.4 Å². The summed E-state index contributed by atoms with van der Waals surface area (Å²) in [7, 11) is 0. The van der Waals surface area contributed by atoms with Crippen molar-refractivity contribution < 1.29 is 9.53 Å². The molecule has 0 bridgehead atoms. The number of piperidine rings is 1. The first-order chi connectivity index (χ1) is 11.7. The number of carbonyl (C=O) groups excluding carboxylic acids is 1. The van der Waals surface area contributed by atoms with Crippen LogP contribution >= 0.6 is 24.8 Å². The van der Waals surface area contributed by atoms with E-state index >= 15 is 0 Å². The molecule has 1 aromatic carbocycles. The average Bonchev–Trinajstić information content (AvgIpc) is 2.59. The first-order valence-corrected chi connectivity index (χ1v) is 9.11. The molecular weight excluding hydrogens is 373 g/mol. The first kappa shape index (κ1) is 23.2. The summed E-state index contributed by atoms with van der Waals surface area (Å²) in [6.07, 6.45) is 3.05. The van der Waals surface area contributed by atoms with Crippen LogP contribution in [0.3, 0.4) is 0 Å². The Morgan fingerprint density at radius 3 is 2.54 bits per heavy atom. The van der Waals surface area contributed by atoms with Crippen LogP contribution in [0, 0.1) is 5.92 Å². The Morgan fingerprint density at radius 1 is 1.23 bits per heavy atom. The maximum Gasteiger partial charge on any atom is 0.226 e. The van der Waals surface area contributed by atoms with Gasteiger partial charge in [0.2, 0.25) is 5.91 Å². The molecule has 3 rings (SSSR count). The van der Waals surface area contributed by atoms with E-state index in [9.17, 15) is 4.79 Å². The molecule has 5 nitrogen and oxygen atoms in total. The van der Waals surface area contributed by atoms with E-state index in [1.807, 2.05) is 12.1 Å². The summed E-state index contributed by atoms with van der Waals surface area (Å²) < 4.78 is 5.38. The largest absolute Gasteiger partial charge is 0.378 e. The predicted molar refractivity (Wildman–Crippen MR) is 110 cm³/mol. The number of nitrogens with zero attached hydrogens (tertiary/aromatic N) is 1. The maximum atomic E-state index is 12.1. The molecule has 2 heterocycles. The summed E-state index contributed by atoms with van der Waals surface area (Å²) in [5.41, 5.74) is 2.18. The lowest BCUT2D eigenvalue weighted by Gasteiger charge is -2.30. The number of halogens is 2. The van der Waals surface area contributed by atoms with Gasteiger partial charge in [-0.3, -0.25) is 9.69 Å². The van der Waals surface area contributed by atoms with Crippen molar-refractivity contribution in [3.63, 3.8) is 0 Å². The van der Waals surface area contributed by atoms with Gasteiger partial charge >= 0.3 is 0 Å². The second kappa shape index (κ2) is 11.8. The molecule has 1 aromatic rings. The van der Waals surface area contributed by atoms with Crippen molar-refractivity contribution in [2.24, 2.45) is 5.92 Å². The molecule has 26 heavy (non-hydrogen) atoms. The Labute approximate surface area is 169 Å². The van der Waals surface area contributed by atoms with E-state index in [4.69, 9.17) is 4.74 Å². The first-order valence-electron chi connectivity index (χ1n) is 9.11. The molecule has 0 saturated carbocycles. The summed E-state index contributed by atoms with van der Waals surface area (Å²) in [6, 6.07) is 8.37. The fourth-order valence-corrected chi connectivity index (χ4v) is 3.36.